The summed E-state index contributed by atoms with van der Waals surface area (Å²) >= 11 is 0. The molecule has 1 aliphatic heterocycles. The van der Waals surface area contributed by atoms with Crippen LogP contribution in [0, 0.1) is 38.5 Å². The molecule has 40 heavy (non-hydrogen) atoms. The molecule has 1 aliphatic rings. The molecule has 0 fully saturated rings. The fraction of sp³-hybridized carbons (Fsp3) is 0.743. The van der Waals surface area contributed by atoms with E-state index in [9.17, 15) is 4.79 Å². The molecule has 1 aromatic rings. The number of ether oxygens (including phenoxy) is 3. The Morgan fingerprint density at radius 1 is 0.950 bits per heavy atom. The van der Waals surface area contributed by atoms with E-state index in [0.717, 1.165) is 70.6 Å². The monoisotopic (exact) mass is 558 g/mol. The van der Waals surface area contributed by atoms with Gasteiger partial charge in [0.1, 0.15) is 23.7 Å². The molecular weight excluding hydrogens is 500 g/mol. The molecule has 5 heteroatoms. The smallest absolute Gasteiger partial charge is 0.487 e. The zero-order valence-electron chi connectivity index (χ0n) is 27.1. The zero-order valence-corrected chi connectivity index (χ0v) is 27.1. The molecule has 0 bridgehead atoms. The predicted octanol–water partition coefficient (Wildman–Crippen LogP) is 9.59. The topological polar surface area (TPSA) is 65.0 Å². The van der Waals surface area contributed by atoms with E-state index < -0.39 is 6.16 Å². The molecule has 0 aliphatic carbocycles. The zero-order chi connectivity index (χ0) is 29.9. The van der Waals surface area contributed by atoms with Gasteiger partial charge < -0.3 is 19.3 Å². The third-order valence-electron chi connectivity index (χ3n) is 8.91. The van der Waals surface area contributed by atoms with Gasteiger partial charge in [0.2, 0.25) is 0 Å². The Balaban J connectivity index is 1.87. The number of aliphatic hydroxyl groups excluding tert-OH is 1. The highest BCUT2D eigenvalue weighted by Crippen LogP contribution is 2.45. The first kappa shape index (κ1) is 34.2. The summed E-state index contributed by atoms with van der Waals surface area (Å²) < 4.78 is 17.6. The van der Waals surface area contributed by atoms with E-state index in [1.165, 1.54) is 51.4 Å². The third-order valence-corrected chi connectivity index (χ3v) is 8.91. The van der Waals surface area contributed by atoms with Gasteiger partial charge in [-0.1, -0.05) is 72.6 Å². The fourth-order valence-corrected chi connectivity index (χ4v) is 5.84. The Bertz CT molecular complexity index is 979. The van der Waals surface area contributed by atoms with Crippen LogP contribution < -0.4 is 9.47 Å². The first-order valence-electron chi connectivity index (χ1n) is 15.8. The van der Waals surface area contributed by atoms with E-state index in [2.05, 4.69) is 41.5 Å². The van der Waals surface area contributed by atoms with Crippen LogP contribution in [0.1, 0.15) is 128 Å². The van der Waals surface area contributed by atoms with Crippen molar-refractivity contribution >= 4 is 6.16 Å². The van der Waals surface area contributed by atoms with Crippen molar-refractivity contribution < 1.29 is 24.1 Å². The second-order valence-electron chi connectivity index (χ2n) is 13.3. The number of benzene rings is 1. The highest BCUT2D eigenvalue weighted by Gasteiger charge is 2.35. The summed E-state index contributed by atoms with van der Waals surface area (Å²) in [7, 11) is 0. The van der Waals surface area contributed by atoms with Crippen LogP contribution >= 0.6 is 0 Å². The number of rotatable bonds is 16. The normalized spacial score (nSPS) is 18.7. The molecule has 1 heterocycles. The molecule has 1 aromatic carbocycles. The van der Waals surface area contributed by atoms with Gasteiger partial charge >= 0.3 is 6.16 Å². The Morgan fingerprint density at radius 2 is 1.55 bits per heavy atom. The van der Waals surface area contributed by atoms with Gasteiger partial charge in [0.15, 0.2) is 0 Å². The SMILES string of the molecule is CC(=CCOC(=O)Oc1c(C)c(C)c2c(c1C)CCC(C)(CCCC(C)CCCC(C)CCCC(C)C)O2)CO. The molecule has 3 unspecified atom stereocenters. The summed E-state index contributed by atoms with van der Waals surface area (Å²) in [5.41, 5.74) is 4.60. The highest BCUT2D eigenvalue weighted by molar-refractivity contribution is 5.68. The van der Waals surface area contributed by atoms with Crippen molar-refractivity contribution in [1.29, 1.82) is 0 Å². The van der Waals surface area contributed by atoms with Gasteiger partial charge in [-0.2, -0.15) is 0 Å². The highest BCUT2D eigenvalue weighted by atomic mass is 16.7. The van der Waals surface area contributed by atoms with Crippen LogP contribution in [0.5, 0.6) is 11.5 Å². The van der Waals surface area contributed by atoms with Gasteiger partial charge in [0, 0.05) is 5.56 Å². The van der Waals surface area contributed by atoms with E-state index in [0.29, 0.717) is 5.75 Å². The summed E-state index contributed by atoms with van der Waals surface area (Å²) in [6, 6.07) is 0. The van der Waals surface area contributed by atoms with Crippen LogP contribution in [-0.4, -0.2) is 30.1 Å². The molecule has 1 N–H and O–H groups in total. The summed E-state index contributed by atoms with van der Waals surface area (Å²) in [6.07, 6.45) is 14.5. The van der Waals surface area contributed by atoms with E-state index in [1.54, 1.807) is 13.0 Å². The van der Waals surface area contributed by atoms with Crippen molar-refractivity contribution in [2.75, 3.05) is 13.2 Å². The summed E-state index contributed by atoms with van der Waals surface area (Å²) in [6.45, 7) is 19.6. The van der Waals surface area contributed by atoms with Gasteiger partial charge in [-0.3, -0.25) is 0 Å². The lowest BCUT2D eigenvalue weighted by atomic mass is 9.83. The van der Waals surface area contributed by atoms with Crippen LogP contribution in [-0.2, 0) is 11.2 Å². The van der Waals surface area contributed by atoms with Crippen molar-refractivity contribution in [3.8, 4) is 11.5 Å². The van der Waals surface area contributed by atoms with Crippen molar-refractivity contribution in [2.24, 2.45) is 17.8 Å². The van der Waals surface area contributed by atoms with Crippen molar-refractivity contribution in [1.82, 2.24) is 0 Å². The van der Waals surface area contributed by atoms with Crippen molar-refractivity contribution in [3.63, 3.8) is 0 Å². The third kappa shape index (κ3) is 10.8. The largest absolute Gasteiger partial charge is 0.514 e. The lowest BCUT2D eigenvalue weighted by Crippen LogP contribution is -2.37. The maximum atomic E-state index is 12.3. The first-order chi connectivity index (χ1) is 18.9. The molecule has 0 radical (unpaired) electrons. The molecule has 5 nitrogen and oxygen atoms in total. The lowest BCUT2D eigenvalue weighted by Gasteiger charge is -2.38. The van der Waals surface area contributed by atoms with Crippen molar-refractivity contribution in [3.05, 3.63) is 33.9 Å². The Labute approximate surface area is 245 Å². The summed E-state index contributed by atoms with van der Waals surface area (Å²) in [5.74, 6) is 3.97. The van der Waals surface area contributed by atoms with E-state index in [1.807, 2.05) is 13.8 Å². The van der Waals surface area contributed by atoms with Crippen molar-refractivity contribution in [2.45, 2.75) is 139 Å². The number of fused-ring (bicyclic) bond motifs is 1. The number of hydrogen-bond donors (Lipinski definition) is 1. The second kappa shape index (κ2) is 16.4. The van der Waals surface area contributed by atoms with Crippen LogP contribution in [0.25, 0.3) is 0 Å². The Morgan fingerprint density at radius 3 is 2.15 bits per heavy atom. The average molecular weight is 559 g/mol. The average Bonchev–Trinajstić information content (AvgIpc) is 2.89. The van der Waals surface area contributed by atoms with Gasteiger partial charge in [-0.05, 0) is 106 Å². The molecule has 0 spiro atoms. The molecule has 0 saturated carbocycles. The maximum Gasteiger partial charge on any atom is 0.514 e. The fourth-order valence-electron chi connectivity index (χ4n) is 5.84. The van der Waals surface area contributed by atoms with Gasteiger partial charge in [0.05, 0.1) is 6.61 Å². The first-order valence-corrected chi connectivity index (χ1v) is 15.8. The number of carbonyl (C=O) groups excluding carboxylic acids is 1. The number of carbonyl (C=O) groups is 1. The number of aliphatic hydroxyl groups is 1. The van der Waals surface area contributed by atoms with Crippen LogP contribution in [0.15, 0.2) is 11.6 Å². The van der Waals surface area contributed by atoms with Gasteiger partial charge in [-0.25, -0.2) is 4.79 Å². The minimum absolute atomic E-state index is 0.0588. The van der Waals surface area contributed by atoms with Gasteiger partial charge in [-0.15, -0.1) is 0 Å². The quantitative estimate of drug-likeness (QED) is 0.124. The lowest BCUT2D eigenvalue weighted by molar-refractivity contribution is 0.0510. The second-order valence-corrected chi connectivity index (χ2v) is 13.3. The van der Waals surface area contributed by atoms with E-state index >= 15 is 0 Å². The van der Waals surface area contributed by atoms with Crippen LogP contribution in [0.3, 0.4) is 0 Å². The van der Waals surface area contributed by atoms with Gasteiger partial charge in [0.25, 0.3) is 0 Å². The molecule has 3 atom stereocenters. The molecule has 0 saturated heterocycles. The summed E-state index contributed by atoms with van der Waals surface area (Å²) in [4.78, 5) is 12.3. The minimum atomic E-state index is -0.733. The molecule has 2 rings (SSSR count). The van der Waals surface area contributed by atoms with Crippen LogP contribution in [0.2, 0.25) is 0 Å². The predicted molar refractivity (Wildman–Crippen MR) is 166 cm³/mol. The molecule has 0 amide bonds. The standard InChI is InChI=1S/C35H58O5/c1-24(2)13-10-14-25(3)15-11-16-26(4)17-12-20-35(9)21-18-31-30(8)32(28(6)29(7)33(31)40-35)39-34(37)38-22-19-27(5)23-36/h19,24-26,36H,10-18,20-23H2,1-9H3. The van der Waals surface area contributed by atoms with Crippen LogP contribution in [0.4, 0.5) is 4.79 Å². The molecular formula is C35H58O5. The Hall–Kier alpha value is -2.01. The van der Waals surface area contributed by atoms with E-state index in [4.69, 9.17) is 19.3 Å². The molecule has 0 aromatic heterocycles. The number of hydrogen-bond acceptors (Lipinski definition) is 5. The summed E-state index contributed by atoms with van der Waals surface area (Å²) in [5, 5.41) is 9.09. The molecule has 228 valence electrons. The maximum absolute atomic E-state index is 12.3. The Kier molecular flexibility index (Phi) is 14.1. The minimum Gasteiger partial charge on any atom is -0.487 e. The van der Waals surface area contributed by atoms with E-state index in [-0.39, 0.29) is 18.8 Å².